The molecule has 1 rings (SSSR count). The second kappa shape index (κ2) is 4.96. The van der Waals surface area contributed by atoms with Gasteiger partial charge in [0.2, 0.25) is 0 Å². The number of nitro benzene ring substituents is 1. The molecule has 0 saturated carbocycles. The summed E-state index contributed by atoms with van der Waals surface area (Å²) in [5, 5.41) is 10.9. The summed E-state index contributed by atoms with van der Waals surface area (Å²) in [5.41, 5.74) is 0.838. The zero-order chi connectivity index (χ0) is 12.3. The van der Waals surface area contributed by atoms with Crippen LogP contribution < -0.4 is 4.74 Å². The molecule has 0 aliphatic rings. The van der Waals surface area contributed by atoms with Crippen molar-refractivity contribution >= 4 is 5.69 Å². The zero-order valence-electron chi connectivity index (χ0n) is 9.77. The number of hydrogen-bond donors (Lipinski definition) is 0. The Labute approximate surface area is 95.4 Å². The fourth-order valence-corrected chi connectivity index (χ4v) is 1.34. The Balaban J connectivity index is 3.14. The second-order valence-electron chi connectivity index (χ2n) is 4.05. The summed E-state index contributed by atoms with van der Waals surface area (Å²) >= 11 is 0. The van der Waals surface area contributed by atoms with Gasteiger partial charge in [0, 0.05) is 6.07 Å². The van der Waals surface area contributed by atoms with E-state index in [9.17, 15) is 10.1 Å². The van der Waals surface area contributed by atoms with Gasteiger partial charge < -0.3 is 4.74 Å². The molecular formula is C12H16NO3. The summed E-state index contributed by atoms with van der Waals surface area (Å²) in [6.07, 6.45) is -0.0817. The van der Waals surface area contributed by atoms with E-state index in [1.807, 2.05) is 26.8 Å². The summed E-state index contributed by atoms with van der Waals surface area (Å²) in [6.45, 7) is 9.40. The lowest BCUT2D eigenvalue weighted by Crippen LogP contribution is -2.07. The highest BCUT2D eigenvalue weighted by Crippen LogP contribution is 2.31. The third kappa shape index (κ3) is 2.95. The third-order valence-electron chi connectivity index (χ3n) is 2.11. The second-order valence-corrected chi connectivity index (χ2v) is 4.05. The lowest BCUT2D eigenvalue weighted by molar-refractivity contribution is -0.386. The molecule has 0 saturated heterocycles. The van der Waals surface area contributed by atoms with Crippen LogP contribution in [0.25, 0.3) is 0 Å². The molecule has 16 heavy (non-hydrogen) atoms. The summed E-state index contributed by atoms with van der Waals surface area (Å²) < 4.78 is 5.38. The average Bonchev–Trinajstić information content (AvgIpc) is 2.16. The number of nitrogens with zero attached hydrogens (tertiary/aromatic N) is 1. The lowest BCUT2D eigenvalue weighted by atomic mass is 10.0. The molecule has 0 spiro atoms. The van der Waals surface area contributed by atoms with Crippen LogP contribution >= 0.6 is 0 Å². The van der Waals surface area contributed by atoms with Crippen LogP contribution in [0, 0.1) is 17.0 Å². The van der Waals surface area contributed by atoms with Crippen molar-refractivity contribution in [2.75, 3.05) is 0 Å². The number of rotatable bonds is 4. The highest BCUT2D eigenvalue weighted by molar-refractivity contribution is 5.49. The molecule has 0 aliphatic heterocycles. The van der Waals surface area contributed by atoms with E-state index in [0.717, 1.165) is 5.56 Å². The zero-order valence-corrected chi connectivity index (χ0v) is 9.77. The molecule has 4 nitrogen and oxygen atoms in total. The van der Waals surface area contributed by atoms with E-state index in [1.54, 1.807) is 6.07 Å². The van der Waals surface area contributed by atoms with Crippen molar-refractivity contribution in [3.8, 4) is 5.75 Å². The molecule has 0 heterocycles. The van der Waals surface area contributed by atoms with E-state index >= 15 is 0 Å². The molecule has 0 aliphatic carbocycles. The first-order chi connectivity index (χ1) is 7.41. The molecule has 1 unspecified atom stereocenters. The Bertz CT molecular complexity index is 386. The van der Waals surface area contributed by atoms with Gasteiger partial charge in [0.25, 0.3) is 0 Å². The highest BCUT2D eigenvalue weighted by Gasteiger charge is 2.17. The molecule has 1 atom stereocenters. The summed E-state index contributed by atoms with van der Waals surface area (Å²) in [6, 6.07) is 4.97. The largest absolute Gasteiger partial charge is 0.484 e. The van der Waals surface area contributed by atoms with Gasteiger partial charge in [-0.3, -0.25) is 10.1 Å². The van der Waals surface area contributed by atoms with E-state index in [2.05, 4.69) is 6.92 Å². The monoisotopic (exact) mass is 222 g/mol. The predicted molar refractivity (Wildman–Crippen MR) is 62.6 cm³/mol. The number of benzene rings is 1. The van der Waals surface area contributed by atoms with Crippen molar-refractivity contribution in [3.05, 3.63) is 40.8 Å². The van der Waals surface area contributed by atoms with Crippen LogP contribution in [-0.4, -0.2) is 11.0 Å². The fourth-order valence-electron chi connectivity index (χ4n) is 1.34. The van der Waals surface area contributed by atoms with E-state index in [4.69, 9.17) is 4.74 Å². The van der Waals surface area contributed by atoms with Gasteiger partial charge in [0.05, 0.1) is 11.0 Å². The van der Waals surface area contributed by atoms with Crippen molar-refractivity contribution in [2.24, 2.45) is 0 Å². The molecule has 4 heteroatoms. The minimum Gasteiger partial charge on any atom is -0.484 e. The predicted octanol–water partition coefficient (Wildman–Crippen LogP) is 3.32. The summed E-state index contributed by atoms with van der Waals surface area (Å²) in [7, 11) is 0. The van der Waals surface area contributed by atoms with E-state index in [1.165, 1.54) is 6.07 Å². The van der Waals surface area contributed by atoms with Crippen LogP contribution in [0.4, 0.5) is 5.69 Å². The van der Waals surface area contributed by atoms with Crippen LogP contribution in [0.1, 0.15) is 32.3 Å². The van der Waals surface area contributed by atoms with Crippen molar-refractivity contribution in [1.29, 1.82) is 0 Å². The molecule has 0 amide bonds. The van der Waals surface area contributed by atoms with Gasteiger partial charge in [-0.25, -0.2) is 0 Å². The standard InChI is InChI=1S/C12H16NO3/c1-8(2)10-5-6-12(16-9(3)4)11(7-10)13(14)15/h5-9H,1H2,2-4H3. The van der Waals surface area contributed by atoms with Gasteiger partial charge in [-0.15, -0.1) is 0 Å². The normalized spacial score (nSPS) is 10.9. The molecule has 0 N–H and O–H groups in total. The third-order valence-corrected chi connectivity index (χ3v) is 2.11. The topological polar surface area (TPSA) is 52.4 Å². The molecule has 0 fully saturated rings. The van der Waals surface area contributed by atoms with Crippen LogP contribution in [0.5, 0.6) is 5.75 Å². The Morgan fingerprint density at radius 3 is 2.44 bits per heavy atom. The Morgan fingerprint density at radius 2 is 2.00 bits per heavy atom. The van der Waals surface area contributed by atoms with Crippen LogP contribution in [0.3, 0.4) is 0 Å². The van der Waals surface area contributed by atoms with Gasteiger partial charge in [-0.2, -0.15) is 0 Å². The number of hydrogen-bond acceptors (Lipinski definition) is 3. The lowest BCUT2D eigenvalue weighted by Gasteiger charge is -2.11. The van der Waals surface area contributed by atoms with Crippen molar-refractivity contribution in [3.63, 3.8) is 0 Å². The van der Waals surface area contributed by atoms with Gasteiger partial charge >= 0.3 is 5.69 Å². The van der Waals surface area contributed by atoms with Crippen molar-refractivity contribution in [2.45, 2.75) is 32.8 Å². The summed E-state index contributed by atoms with van der Waals surface area (Å²) in [4.78, 5) is 10.5. The maximum Gasteiger partial charge on any atom is 0.311 e. The average molecular weight is 222 g/mol. The van der Waals surface area contributed by atoms with Crippen LogP contribution in [0.15, 0.2) is 18.2 Å². The first-order valence-electron chi connectivity index (χ1n) is 5.20. The van der Waals surface area contributed by atoms with Gasteiger partial charge in [0.15, 0.2) is 5.75 Å². The van der Waals surface area contributed by atoms with Gasteiger partial charge in [0.1, 0.15) is 0 Å². The summed E-state index contributed by atoms with van der Waals surface area (Å²) in [5.74, 6) is 0.330. The smallest absolute Gasteiger partial charge is 0.311 e. The first-order valence-corrected chi connectivity index (χ1v) is 5.20. The molecule has 0 aromatic heterocycles. The minimum atomic E-state index is -0.427. The van der Waals surface area contributed by atoms with E-state index in [0.29, 0.717) is 5.75 Å². The number of ether oxygens (including phenoxy) is 1. The Kier molecular flexibility index (Phi) is 3.88. The molecule has 0 bridgehead atoms. The molecule has 87 valence electrons. The Morgan fingerprint density at radius 1 is 1.38 bits per heavy atom. The van der Waals surface area contributed by atoms with Gasteiger partial charge in [-0.05, 0) is 38.3 Å². The molecule has 1 aromatic carbocycles. The maximum atomic E-state index is 10.9. The quantitative estimate of drug-likeness (QED) is 0.580. The Hall–Kier alpha value is -1.58. The number of nitro groups is 1. The van der Waals surface area contributed by atoms with Crippen LogP contribution in [-0.2, 0) is 0 Å². The maximum absolute atomic E-state index is 10.9. The van der Waals surface area contributed by atoms with Crippen LogP contribution in [0.2, 0.25) is 0 Å². The van der Waals surface area contributed by atoms with E-state index in [-0.39, 0.29) is 17.7 Å². The molecule has 1 aromatic rings. The molecular weight excluding hydrogens is 206 g/mol. The van der Waals surface area contributed by atoms with Crippen molar-refractivity contribution in [1.82, 2.24) is 0 Å². The van der Waals surface area contributed by atoms with Crippen molar-refractivity contribution < 1.29 is 9.66 Å². The first kappa shape index (κ1) is 12.5. The minimum absolute atomic E-state index is 0.00157. The van der Waals surface area contributed by atoms with Gasteiger partial charge in [-0.1, -0.05) is 13.0 Å². The SMILES string of the molecule is [CH2]C(C)c1ccc(OC(C)C)c([N+](=O)[O-])c1. The molecule has 1 radical (unpaired) electrons. The highest BCUT2D eigenvalue weighted by atomic mass is 16.6. The van der Waals surface area contributed by atoms with E-state index < -0.39 is 4.92 Å². The fraction of sp³-hybridized carbons (Fsp3) is 0.417.